The lowest BCUT2D eigenvalue weighted by Gasteiger charge is -1.74. The second-order valence-corrected chi connectivity index (χ2v) is 2.17. The van der Waals surface area contributed by atoms with Crippen molar-refractivity contribution < 1.29 is 10.4 Å². The van der Waals surface area contributed by atoms with Crippen LogP contribution in [0.25, 0.3) is 0 Å². The molecule has 0 aliphatic heterocycles. The topological polar surface area (TPSA) is 65.2 Å². The first-order valence-electron chi connectivity index (χ1n) is 4.15. The van der Waals surface area contributed by atoms with Gasteiger partial charge in [-0.3, -0.25) is 0 Å². The van der Waals surface area contributed by atoms with Crippen molar-refractivity contribution in [1.82, 2.24) is 0 Å². The smallest absolute Gasteiger partial charge is 0.0435 e. The van der Waals surface area contributed by atoms with E-state index >= 15 is 0 Å². The first-order valence-corrected chi connectivity index (χ1v) is 4.15. The largest absolute Gasteiger partial charge is 0.411 e. The quantitative estimate of drug-likeness (QED) is 0.390. The van der Waals surface area contributed by atoms with Gasteiger partial charge in [0, 0.05) is 12.4 Å². The number of rotatable bonds is 4. The van der Waals surface area contributed by atoms with E-state index in [0.29, 0.717) is 0 Å². The zero-order valence-corrected chi connectivity index (χ0v) is 7.77. The predicted octanol–water partition coefficient (Wildman–Crippen LogP) is 2.49. The molecule has 0 aliphatic carbocycles. The lowest BCUT2D eigenvalue weighted by Crippen LogP contribution is -1.68. The van der Waals surface area contributed by atoms with E-state index in [1.165, 1.54) is 12.4 Å². The number of hydrogen-bond donors (Lipinski definition) is 2. The summed E-state index contributed by atoms with van der Waals surface area (Å²) in [5.41, 5.74) is 0. The minimum atomic E-state index is 0.872. The fraction of sp³-hybridized carbons (Fsp3) is 0.750. The predicted molar refractivity (Wildman–Crippen MR) is 50.4 cm³/mol. The van der Waals surface area contributed by atoms with Crippen LogP contribution in [0.5, 0.6) is 0 Å². The Bertz CT molecular complexity index is 99.6. The molecule has 0 spiro atoms. The summed E-state index contributed by atoms with van der Waals surface area (Å²) in [5, 5.41) is 21.1. The molecule has 0 fully saturated rings. The average molecular weight is 174 g/mol. The molecular weight excluding hydrogens is 156 g/mol. The summed E-state index contributed by atoms with van der Waals surface area (Å²) in [6.07, 6.45) is 6.81. The van der Waals surface area contributed by atoms with E-state index in [1.54, 1.807) is 0 Å². The molecule has 4 nitrogen and oxygen atoms in total. The van der Waals surface area contributed by atoms with Crippen LogP contribution in [0.15, 0.2) is 10.3 Å². The molecule has 12 heavy (non-hydrogen) atoms. The number of oxime groups is 2. The summed E-state index contributed by atoms with van der Waals surface area (Å²) in [6.45, 7) is 4.06. The summed E-state index contributed by atoms with van der Waals surface area (Å²) < 4.78 is 0. The van der Waals surface area contributed by atoms with E-state index in [9.17, 15) is 0 Å². The van der Waals surface area contributed by atoms with Crippen molar-refractivity contribution >= 4 is 12.4 Å². The first kappa shape index (κ1) is 13.5. The SMILES string of the molecule is CCCC=NO.CCCC=NO. The van der Waals surface area contributed by atoms with E-state index in [2.05, 4.69) is 10.3 Å². The maximum Gasteiger partial charge on any atom is 0.0435 e. The van der Waals surface area contributed by atoms with Crippen LogP contribution < -0.4 is 0 Å². The standard InChI is InChI=1S/2C4H9NO/c2*1-2-3-4-5-6/h2*4,6H,2-3H2,1H3. The molecular formula is C8H18N2O2. The van der Waals surface area contributed by atoms with E-state index in [4.69, 9.17) is 10.4 Å². The fourth-order valence-corrected chi connectivity index (χ4v) is 0.374. The molecule has 0 bridgehead atoms. The normalized spacial score (nSPS) is 10.2. The third kappa shape index (κ3) is 23.1. The molecule has 0 aliphatic rings. The molecule has 0 saturated heterocycles. The summed E-state index contributed by atoms with van der Waals surface area (Å²) >= 11 is 0. The van der Waals surface area contributed by atoms with Crippen LogP contribution in [0.3, 0.4) is 0 Å². The molecule has 0 heterocycles. The van der Waals surface area contributed by atoms with Gasteiger partial charge in [-0.25, -0.2) is 0 Å². The van der Waals surface area contributed by atoms with Gasteiger partial charge in [0.1, 0.15) is 0 Å². The summed E-state index contributed by atoms with van der Waals surface area (Å²) in [4.78, 5) is 0. The summed E-state index contributed by atoms with van der Waals surface area (Å²) in [5.74, 6) is 0. The van der Waals surface area contributed by atoms with Crippen molar-refractivity contribution in [1.29, 1.82) is 0 Å². The lowest BCUT2D eigenvalue weighted by molar-refractivity contribution is 0.320. The van der Waals surface area contributed by atoms with Gasteiger partial charge in [-0.2, -0.15) is 0 Å². The van der Waals surface area contributed by atoms with Crippen molar-refractivity contribution in [2.75, 3.05) is 0 Å². The van der Waals surface area contributed by atoms with Crippen LogP contribution in [0.1, 0.15) is 39.5 Å². The molecule has 0 aromatic heterocycles. The Hall–Kier alpha value is -1.06. The van der Waals surface area contributed by atoms with Gasteiger partial charge in [-0.05, 0) is 12.8 Å². The van der Waals surface area contributed by atoms with E-state index in [-0.39, 0.29) is 0 Å². The highest BCUT2D eigenvalue weighted by Gasteiger charge is 1.68. The monoisotopic (exact) mass is 174 g/mol. The number of nitrogens with zero attached hydrogens (tertiary/aromatic N) is 2. The van der Waals surface area contributed by atoms with Gasteiger partial charge in [0.15, 0.2) is 0 Å². The molecule has 2 N–H and O–H groups in total. The Labute approximate surface area is 73.6 Å². The third-order valence-electron chi connectivity index (χ3n) is 0.999. The highest BCUT2D eigenvalue weighted by Crippen LogP contribution is 1.77. The van der Waals surface area contributed by atoms with Crippen molar-refractivity contribution in [3.8, 4) is 0 Å². The second kappa shape index (κ2) is 16.5. The fourth-order valence-electron chi connectivity index (χ4n) is 0.374. The second-order valence-electron chi connectivity index (χ2n) is 2.17. The maximum absolute atomic E-state index is 7.77. The number of unbranched alkanes of at least 4 members (excludes halogenated alkanes) is 2. The lowest BCUT2D eigenvalue weighted by atomic mass is 10.4. The minimum absolute atomic E-state index is 0.872. The van der Waals surface area contributed by atoms with Gasteiger partial charge in [0.05, 0.1) is 0 Å². The molecule has 0 rings (SSSR count). The van der Waals surface area contributed by atoms with Gasteiger partial charge in [-0.15, -0.1) is 10.3 Å². The molecule has 0 aromatic carbocycles. The van der Waals surface area contributed by atoms with Crippen LogP contribution in [0.2, 0.25) is 0 Å². The van der Waals surface area contributed by atoms with Crippen LogP contribution in [-0.2, 0) is 0 Å². The zero-order valence-electron chi connectivity index (χ0n) is 7.77. The summed E-state index contributed by atoms with van der Waals surface area (Å²) in [6, 6.07) is 0. The highest BCUT2D eigenvalue weighted by molar-refractivity contribution is 5.56. The summed E-state index contributed by atoms with van der Waals surface area (Å²) in [7, 11) is 0. The van der Waals surface area contributed by atoms with Gasteiger partial charge in [-0.1, -0.05) is 26.7 Å². The molecule has 0 amide bonds. The zero-order chi connectivity index (χ0) is 9.66. The van der Waals surface area contributed by atoms with E-state index < -0.39 is 0 Å². The van der Waals surface area contributed by atoms with Crippen molar-refractivity contribution in [2.24, 2.45) is 10.3 Å². The minimum Gasteiger partial charge on any atom is -0.411 e. The molecule has 4 heteroatoms. The van der Waals surface area contributed by atoms with Crippen molar-refractivity contribution in [3.63, 3.8) is 0 Å². The highest BCUT2D eigenvalue weighted by atomic mass is 16.4. The average Bonchev–Trinajstić information content (AvgIpc) is 2.12. The van der Waals surface area contributed by atoms with Crippen LogP contribution in [0, 0.1) is 0 Å². The molecule has 0 saturated carbocycles. The molecule has 0 radical (unpaired) electrons. The van der Waals surface area contributed by atoms with Gasteiger partial charge in [0.2, 0.25) is 0 Å². The van der Waals surface area contributed by atoms with Crippen molar-refractivity contribution in [3.05, 3.63) is 0 Å². The van der Waals surface area contributed by atoms with E-state index in [0.717, 1.165) is 25.7 Å². The maximum atomic E-state index is 7.77. The molecule has 0 atom stereocenters. The molecule has 0 aromatic rings. The van der Waals surface area contributed by atoms with E-state index in [1.807, 2.05) is 13.8 Å². The Morgan fingerprint density at radius 3 is 1.33 bits per heavy atom. The van der Waals surface area contributed by atoms with Gasteiger partial charge >= 0.3 is 0 Å². The van der Waals surface area contributed by atoms with Crippen LogP contribution in [-0.4, -0.2) is 22.8 Å². The molecule has 0 unspecified atom stereocenters. The number of hydrogen-bond acceptors (Lipinski definition) is 4. The Balaban J connectivity index is 0. The third-order valence-corrected chi connectivity index (χ3v) is 0.999. The van der Waals surface area contributed by atoms with Gasteiger partial charge in [0.25, 0.3) is 0 Å². The first-order chi connectivity index (χ1) is 5.83. The Kier molecular flexibility index (Phi) is 18.6. The van der Waals surface area contributed by atoms with Gasteiger partial charge < -0.3 is 10.4 Å². The van der Waals surface area contributed by atoms with Crippen molar-refractivity contribution in [2.45, 2.75) is 39.5 Å². The molecule has 72 valence electrons. The Morgan fingerprint density at radius 2 is 1.25 bits per heavy atom. The Morgan fingerprint density at radius 1 is 0.917 bits per heavy atom. The van der Waals surface area contributed by atoms with Crippen LogP contribution in [0.4, 0.5) is 0 Å². The van der Waals surface area contributed by atoms with Crippen LogP contribution >= 0.6 is 0 Å².